The average Bonchev–Trinajstić information content (AvgIpc) is 2.70. The molecule has 0 bridgehead atoms. The van der Waals surface area contributed by atoms with Crippen molar-refractivity contribution in [2.24, 2.45) is 5.73 Å². The van der Waals surface area contributed by atoms with E-state index in [1.54, 1.807) is 54.9 Å². The zero-order chi connectivity index (χ0) is 19.2. The number of anilines is 1. The number of aliphatic hydroxyl groups is 1. The van der Waals surface area contributed by atoms with Crippen molar-refractivity contribution in [3.8, 4) is 6.07 Å². The lowest BCUT2D eigenvalue weighted by Gasteiger charge is -2.13. The quantitative estimate of drug-likeness (QED) is 0.357. The number of benzene rings is 2. The van der Waals surface area contributed by atoms with Crippen molar-refractivity contribution in [2.75, 3.05) is 5.73 Å². The number of pyridine rings is 1. The summed E-state index contributed by atoms with van der Waals surface area (Å²) in [6, 6.07) is 20.1. The summed E-state index contributed by atoms with van der Waals surface area (Å²) in [5.41, 5.74) is 15.0. The molecule has 5 N–H and O–H groups in total. The highest BCUT2D eigenvalue weighted by molar-refractivity contribution is 8.03. The molecule has 2 aromatic carbocycles. The van der Waals surface area contributed by atoms with Crippen molar-refractivity contribution >= 4 is 23.0 Å². The largest absolute Gasteiger partial charge is 0.399 e. The molecule has 0 saturated carbocycles. The van der Waals surface area contributed by atoms with E-state index in [0.717, 1.165) is 10.5 Å². The molecule has 0 aliphatic carbocycles. The van der Waals surface area contributed by atoms with Crippen LogP contribution in [0.25, 0.3) is 5.57 Å². The van der Waals surface area contributed by atoms with Crippen LogP contribution in [0.3, 0.4) is 0 Å². The van der Waals surface area contributed by atoms with Crippen molar-refractivity contribution in [2.45, 2.75) is 11.0 Å². The van der Waals surface area contributed by atoms with Gasteiger partial charge in [0.1, 0.15) is 12.2 Å². The first kappa shape index (κ1) is 18.5. The van der Waals surface area contributed by atoms with E-state index in [9.17, 15) is 10.4 Å². The first-order valence-electron chi connectivity index (χ1n) is 8.20. The lowest BCUT2D eigenvalue weighted by Crippen LogP contribution is -2.02. The SMILES string of the molecule is N#C/C(=C(\N)Sc1ccc(N)cc1)c1cccc(C(O)c2ccncc2)c1. The summed E-state index contributed by atoms with van der Waals surface area (Å²) in [4.78, 5) is 4.85. The van der Waals surface area contributed by atoms with Crippen LogP contribution < -0.4 is 11.5 Å². The predicted octanol–water partition coefficient (Wildman–Crippen LogP) is 3.69. The van der Waals surface area contributed by atoms with Gasteiger partial charge in [0.2, 0.25) is 0 Å². The van der Waals surface area contributed by atoms with Crippen molar-refractivity contribution in [3.05, 3.63) is 94.8 Å². The first-order valence-corrected chi connectivity index (χ1v) is 9.01. The fraction of sp³-hybridized carbons (Fsp3) is 0.0476. The maximum absolute atomic E-state index is 10.6. The summed E-state index contributed by atoms with van der Waals surface area (Å²) in [6.45, 7) is 0. The number of nitrogens with zero attached hydrogens (tertiary/aromatic N) is 2. The van der Waals surface area contributed by atoms with Crippen LogP contribution in [0.5, 0.6) is 0 Å². The van der Waals surface area contributed by atoms with E-state index in [1.807, 2.05) is 18.2 Å². The van der Waals surface area contributed by atoms with Gasteiger partial charge in [-0.2, -0.15) is 5.26 Å². The number of nitriles is 1. The molecule has 1 heterocycles. The number of hydrogen-bond donors (Lipinski definition) is 3. The predicted molar refractivity (Wildman–Crippen MR) is 108 cm³/mol. The van der Waals surface area contributed by atoms with E-state index in [0.29, 0.717) is 27.4 Å². The third-order valence-corrected chi connectivity index (χ3v) is 4.91. The molecule has 0 spiro atoms. The van der Waals surface area contributed by atoms with Crippen molar-refractivity contribution < 1.29 is 5.11 Å². The van der Waals surface area contributed by atoms with Gasteiger partial charge in [-0.3, -0.25) is 4.98 Å². The van der Waals surface area contributed by atoms with E-state index >= 15 is 0 Å². The number of nitrogens with two attached hydrogens (primary N) is 2. The number of hydrogen-bond acceptors (Lipinski definition) is 6. The molecule has 3 aromatic rings. The zero-order valence-electron chi connectivity index (χ0n) is 14.4. The van der Waals surface area contributed by atoms with Crippen LogP contribution in [0.2, 0.25) is 0 Å². The normalized spacial score (nSPS) is 12.7. The van der Waals surface area contributed by atoms with Crippen LogP contribution in [-0.4, -0.2) is 10.1 Å². The van der Waals surface area contributed by atoms with Gasteiger partial charge in [-0.1, -0.05) is 30.0 Å². The topological polar surface area (TPSA) is 109 Å². The van der Waals surface area contributed by atoms with Crippen molar-refractivity contribution in [1.29, 1.82) is 5.26 Å². The highest BCUT2D eigenvalue weighted by Gasteiger charge is 2.14. The van der Waals surface area contributed by atoms with Crippen LogP contribution in [-0.2, 0) is 0 Å². The van der Waals surface area contributed by atoms with Gasteiger partial charge in [0.25, 0.3) is 0 Å². The Labute approximate surface area is 162 Å². The molecule has 0 aliphatic rings. The molecule has 1 unspecified atom stereocenters. The molecule has 27 heavy (non-hydrogen) atoms. The Kier molecular flexibility index (Phi) is 5.77. The third kappa shape index (κ3) is 4.47. The van der Waals surface area contributed by atoms with Crippen LogP contribution in [0.4, 0.5) is 5.69 Å². The van der Waals surface area contributed by atoms with Gasteiger partial charge in [0.15, 0.2) is 0 Å². The lowest BCUT2D eigenvalue weighted by atomic mass is 9.98. The van der Waals surface area contributed by atoms with Crippen molar-refractivity contribution in [3.63, 3.8) is 0 Å². The molecule has 0 amide bonds. The maximum Gasteiger partial charge on any atom is 0.104 e. The summed E-state index contributed by atoms with van der Waals surface area (Å²) in [5, 5.41) is 20.6. The van der Waals surface area contributed by atoms with Gasteiger partial charge in [-0.15, -0.1) is 0 Å². The lowest BCUT2D eigenvalue weighted by molar-refractivity contribution is 0.220. The van der Waals surface area contributed by atoms with E-state index in [4.69, 9.17) is 11.5 Å². The second-order valence-corrected chi connectivity index (χ2v) is 6.95. The highest BCUT2D eigenvalue weighted by atomic mass is 32.2. The van der Waals surface area contributed by atoms with Crippen LogP contribution in [0.1, 0.15) is 22.8 Å². The van der Waals surface area contributed by atoms with E-state index in [1.165, 1.54) is 11.8 Å². The fourth-order valence-corrected chi connectivity index (χ4v) is 3.37. The first-order chi connectivity index (χ1) is 13.1. The maximum atomic E-state index is 10.6. The summed E-state index contributed by atoms with van der Waals surface area (Å²) >= 11 is 1.30. The monoisotopic (exact) mass is 374 g/mol. The van der Waals surface area contributed by atoms with Crippen LogP contribution in [0, 0.1) is 11.3 Å². The van der Waals surface area contributed by atoms with Gasteiger partial charge >= 0.3 is 0 Å². The highest BCUT2D eigenvalue weighted by Crippen LogP contribution is 2.31. The molecule has 0 aliphatic heterocycles. The second kappa shape index (κ2) is 8.41. The molecular formula is C21H18N4OS. The minimum absolute atomic E-state index is 0.362. The Bertz CT molecular complexity index is 995. The van der Waals surface area contributed by atoms with Gasteiger partial charge in [0.05, 0.1) is 10.6 Å². The van der Waals surface area contributed by atoms with Crippen molar-refractivity contribution in [1.82, 2.24) is 4.98 Å². The molecule has 3 rings (SSSR count). The second-order valence-electron chi connectivity index (χ2n) is 5.83. The number of rotatable bonds is 5. The zero-order valence-corrected chi connectivity index (χ0v) is 15.2. The molecule has 0 radical (unpaired) electrons. The number of thioether (sulfide) groups is 1. The summed E-state index contributed by atoms with van der Waals surface area (Å²) in [6.07, 6.45) is 2.45. The van der Waals surface area contributed by atoms with E-state index < -0.39 is 6.10 Å². The Morgan fingerprint density at radius 3 is 2.41 bits per heavy atom. The Morgan fingerprint density at radius 1 is 1.04 bits per heavy atom. The minimum atomic E-state index is -0.807. The molecule has 6 heteroatoms. The molecule has 1 atom stereocenters. The Hall–Kier alpha value is -3.27. The van der Waals surface area contributed by atoms with Gasteiger partial charge in [-0.05, 0) is 59.2 Å². The Morgan fingerprint density at radius 2 is 1.74 bits per heavy atom. The summed E-state index contributed by atoms with van der Waals surface area (Å²) in [7, 11) is 0. The summed E-state index contributed by atoms with van der Waals surface area (Å²) in [5.74, 6) is 0. The minimum Gasteiger partial charge on any atom is -0.399 e. The average molecular weight is 374 g/mol. The smallest absolute Gasteiger partial charge is 0.104 e. The molecular weight excluding hydrogens is 356 g/mol. The summed E-state index contributed by atoms with van der Waals surface area (Å²) < 4.78 is 0. The standard InChI is InChI=1S/C21H18N4OS/c22-13-19(21(24)27-18-6-4-17(23)5-7-18)15-2-1-3-16(12-15)20(26)14-8-10-25-11-9-14/h1-12,20,26H,23-24H2/b21-19-. The van der Waals surface area contributed by atoms with E-state index in [2.05, 4.69) is 11.1 Å². The third-order valence-electron chi connectivity index (χ3n) is 3.98. The van der Waals surface area contributed by atoms with Gasteiger partial charge in [0, 0.05) is 23.0 Å². The van der Waals surface area contributed by atoms with E-state index in [-0.39, 0.29) is 0 Å². The molecule has 134 valence electrons. The molecule has 1 aromatic heterocycles. The van der Waals surface area contributed by atoms with Crippen LogP contribution in [0.15, 0.2) is 83.0 Å². The number of allylic oxidation sites excluding steroid dienone is 1. The fourth-order valence-electron chi connectivity index (χ4n) is 2.58. The van der Waals surface area contributed by atoms with Gasteiger partial charge in [-0.25, -0.2) is 0 Å². The molecule has 0 saturated heterocycles. The number of nitrogen functional groups attached to an aromatic ring is 1. The van der Waals surface area contributed by atoms with Gasteiger partial charge < -0.3 is 16.6 Å². The van der Waals surface area contributed by atoms with Crippen LogP contribution >= 0.6 is 11.8 Å². The molecule has 5 nitrogen and oxygen atoms in total. The molecule has 0 fully saturated rings. The number of aromatic nitrogens is 1. The Balaban J connectivity index is 1.91. The number of aliphatic hydroxyl groups excluding tert-OH is 1.